The highest BCUT2D eigenvalue weighted by Gasteiger charge is 2.44. The van der Waals surface area contributed by atoms with E-state index in [0.717, 1.165) is 50.4 Å². The molecule has 3 aliphatic rings. The molecule has 1 N–H and O–H groups in total. The summed E-state index contributed by atoms with van der Waals surface area (Å²) in [6.07, 6.45) is 2.59. The Balaban J connectivity index is 1.11. The maximum Gasteiger partial charge on any atom is 0.309 e. The first-order valence-electron chi connectivity index (χ1n) is 12.5. The number of hydrogen-bond donors (Lipinski definition) is 1. The van der Waals surface area contributed by atoms with E-state index in [1.54, 1.807) is 7.05 Å². The van der Waals surface area contributed by atoms with Crippen LogP contribution >= 0.6 is 0 Å². The third-order valence-corrected chi connectivity index (χ3v) is 7.47. The lowest BCUT2D eigenvalue weighted by atomic mass is 9.73. The number of nitrogens with zero attached hydrogens (tertiary/aromatic N) is 4. The number of hydrogen-bond acceptors (Lipinski definition) is 8. The summed E-state index contributed by atoms with van der Waals surface area (Å²) >= 11 is 0. The van der Waals surface area contributed by atoms with Crippen LogP contribution in [-0.4, -0.2) is 68.0 Å². The number of ether oxygens (including phenoxy) is 2. The van der Waals surface area contributed by atoms with Crippen LogP contribution in [0.1, 0.15) is 35.0 Å². The SMILES string of the molecule is CN1C(=O)[C@@H](NC(=O)c2nnc(Cc3ccccc3)o2)COc2ccc(N3CC4(CCOCC4)C3)cc21. The van der Waals surface area contributed by atoms with E-state index in [-0.39, 0.29) is 18.4 Å². The Labute approximate surface area is 214 Å². The van der Waals surface area contributed by atoms with Crippen LogP contribution in [-0.2, 0) is 16.0 Å². The van der Waals surface area contributed by atoms with Crippen molar-refractivity contribution in [2.45, 2.75) is 25.3 Å². The summed E-state index contributed by atoms with van der Waals surface area (Å²) in [5.41, 5.74) is 3.06. The van der Waals surface area contributed by atoms with Gasteiger partial charge in [0.1, 0.15) is 18.4 Å². The molecule has 2 fully saturated rings. The van der Waals surface area contributed by atoms with Gasteiger partial charge in [0.15, 0.2) is 0 Å². The molecule has 10 heteroatoms. The van der Waals surface area contributed by atoms with Crippen LogP contribution in [0, 0.1) is 5.41 Å². The molecule has 0 saturated carbocycles. The number of aromatic nitrogens is 2. The first-order valence-corrected chi connectivity index (χ1v) is 12.5. The minimum absolute atomic E-state index is 0.000898. The van der Waals surface area contributed by atoms with Crippen LogP contribution in [0.5, 0.6) is 5.75 Å². The normalized spacial score (nSPS) is 20.6. The van der Waals surface area contributed by atoms with E-state index in [9.17, 15) is 9.59 Å². The molecule has 0 unspecified atom stereocenters. The molecule has 1 atom stereocenters. The van der Waals surface area contributed by atoms with Crippen LogP contribution in [0.4, 0.5) is 11.4 Å². The quantitative estimate of drug-likeness (QED) is 0.565. The molecule has 2 saturated heterocycles. The minimum atomic E-state index is -0.896. The maximum atomic E-state index is 13.3. The van der Waals surface area contributed by atoms with Gasteiger partial charge in [-0.1, -0.05) is 30.3 Å². The topological polar surface area (TPSA) is 110 Å². The molecule has 6 rings (SSSR count). The van der Waals surface area contributed by atoms with E-state index >= 15 is 0 Å². The van der Waals surface area contributed by atoms with Gasteiger partial charge in [-0.05, 0) is 36.6 Å². The second kappa shape index (κ2) is 9.51. The molecule has 2 amide bonds. The molecule has 3 aromatic rings. The van der Waals surface area contributed by atoms with E-state index < -0.39 is 11.9 Å². The molecule has 1 spiro atoms. The molecule has 0 aliphatic carbocycles. The molecule has 1 aromatic heterocycles. The smallest absolute Gasteiger partial charge is 0.309 e. The van der Waals surface area contributed by atoms with Gasteiger partial charge in [0.25, 0.3) is 5.91 Å². The summed E-state index contributed by atoms with van der Waals surface area (Å²) in [4.78, 5) is 29.9. The highest BCUT2D eigenvalue weighted by Crippen LogP contribution is 2.44. The highest BCUT2D eigenvalue weighted by molar-refractivity contribution is 6.02. The summed E-state index contributed by atoms with van der Waals surface area (Å²) in [5, 5.41) is 10.5. The van der Waals surface area contributed by atoms with Crippen LogP contribution < -0.4 is 19.9 Å². The molecule has 2 aromatic carbocycles. The van der Waals surface area contributed by atoms with E-state index in [4.69, 9.17) is 13.9 Å². The van der Waals surface area contributed by atoms with Gasteiger partial charge in [-0.15, -0.1) is 10.2 Å². The standard InChI is InChI=1S/C27H29N5O5/c1-31-21-14-19(32-16-27(17-32)9-11-35-12-10-27)7-8-22(21)36-15-20(26(31)34)28-24(33)25-30-29-23(37-25)13-18-5-3-2-4-6-18/h2-8,14,20H,9-13,15-17H2,1H3,(H,28,33)/t20-/m0/s1. The van der Waals surface area contributed by atoms with Gasteiger partial charge in [0.2, 0.25) is 5.89 Å². The minimum Gasteiger partial charge on any atom is -0.489 e. The molecular formula is C27H29N5O5. The number of nitrogens with one attached hydrogen (secondary N) is 1. The predicted octanol–water partition coefficient (Wildman–Crippen LogP) is 2.43. The first kappa shape index (κ1) is 23.5. The number of carbonyl (C=O) groups excluding carboxylic acids is 2. The molecule has 37 heavy (non-hydrogen) atoms. The van der Waals surface area contributed by atoms with Crippen molar-refractivity contribution < 1.29 is 23.5 Å². The molecular weight excluding hydrogens is 474 g/mol. The van der Waals surface area contributed by atoms with Gasteiger partial charge in [-0.25, -0.2) is 0 Å². The van der Waals surface area contributed by atoms with Crippen molar-refractivity contribution in [2.24, 2.45) is 5.41 Å². The predicted molar refractivity (Wildman–Crippen MR) is 135 cm³/mol. The van der Waals surface area contributed by atoms with Crippen molar-refractivity contribution in [1.29, 1.82) is 0 Å². The third kappa shape index (κ3) is 4.64. The molecule has 3 aliphatic heterocycles. The van der Waals surface area contributed by atoms with Crippen molar-refractivity contribution >= 4 is 23.2 Å². The van der Waals surface area contributed by atoms with Gasteiger partial charge >= 0.3 is 11.8 Å². The van der Waals surface area contributed by atoms with Gasteiger partial charge < -0.3 is 29.0 Å². The van der Waals surface area contributed by atoms with E-state index in [2.05, 4.69) is 20.4 Å². The summed E-state index contributed by atoms with van der Waals surface area (Å²) < 4.78 is 17.0. The zero-order chi connectivity index (χ0) is 25.4. The third-order valence-electron chi connectivity index (χ3n) is 7.47. The van der Waals surface area contributed by atoms with Crippen molar-refractivity contribution in [3.8, 4) is 5.75 Å². The van der Waals surface area contributed by atoms with Crippen LogP contribution in [0.25, 0.3) is 0 Å². The van der Waals surface area contributed by atoms with E-state index in [1.807, 2.05) is 48.5 Å². The highest BCUT2D eigenvalue weighted by atomic mass is 16.5. The van der Waals surface area contributed by atoms with Crippen molar-refractivity contribution in [3.63, 3.8) is 0 Å². The number of carbonyl (C=O) groups is 2. The zero-order valence-electron chi connectivity index (χ0n) is 20.7. The monoisotopic (exact) mass is 503 g/mol. The molecule has 192 valence electrons. The number of amides is 2. The summed E-state index contributed by atoms with van der Waals surface area (Å²) in [6.45, 7) is 3.63. The first-order chi connectivity index (χ1) is 18.0. The fraction of sp³-hybridized carbons (Fsp3) is 0.407. The Kier molecular flexibility index (Phi) is 6.03. The number of fused-ring (bicyclic) bond motifs is 1. The van der Waals surface area contributed by atoms with E-state index in [1.165, 1.54) is 4.90 Å². The van der Waals surface area contributed by atoms with Crippen LogP contribution in [0.15, 0.2) is 52.9 Å². The summed E-state index contributed by atoms with van der Waals surface area (Å²) in [7, 11) is 1.69. The Bertz CT molecular complexity index is 1300. The largest absolute Gasteiger partial charge is 0.489 e. The number of benzene rings is 2. The van der Waals surface area contributed by atoms with Gasteiger partial charge in [-0.2, -0.15) is 0 Å². The maximum absolute atomic E-state index is 13.3. The molecule has 4 heterocycles. The van der Waals surface area contributed by atoms with Crippen LogP contribution in [0.3, 0.4) is 0 Å². The van der Waals surface area contributed by atoms with Gasteiger partial charge in [-0.3, -0.25) is 9.59 Å². The number of likely N-dealkylation sites (N-methyl/N-ethyl adjacent to an activating group) is 1. The molecule has 0 bridgehead atoms. The lowest BCUT2D eigenvalue weighted by Gasteiger charge is -2.53. The lowest BCUT2D eigenvalue weighted by molar-refractivity contribution is -0.120. The fourth-order valence-corrected chi connectivity index (χ4v) is 5.26. The van der Waals surface area contributed by atoms with Gasteiger partial charge in [0, 0.05) is 44.5 Å². The Morgan fingerprint density at radius 2 is 1.89 bits per heavy atom. The lowest BCUT2D eigenvalue weighted by Crippen LogP contribution is -2.58. The second-order valence-electron chi connectivity index (χ2n) is 10.0. The Morgan fingerprint density at radius 3 is 2.68 bits per heavy atom. The molecule has 0 radical (unpaired) electrons. The van der Waals surface area contributed by atoms with Crippen molar-refractivity contribution in [1.82, 2.24) is 15.5 Å². The second-order valence-corrected chi connectivity index (χ2v) is 10.0. The summed E-state index contributed by atoms with van der Waals surface area (Å²) in [5.74, 6) is -0.162. The van der Waals surface area contributed by atoms with Gasteiger partial charge in [0.05, 0.1) is 12.1 Å². The van der Waals surface area contributed by atoms with Crippen molar-refractivity contribution in [2.75, 3.05) is 49.8 Å². The van der Waals surface area contributed by atoms with Crippen LogP contribution in [0.2, 0.25) is 0 Å². The number of rotatable bonds is 5. The average Bonchev–Trinajstić information content (AvgIpc) is 3.34. The Hall–Kier alpha value is -3.92. The Morgan fingerprint density at radius 1 is 1.11 bits per heavy atom. The van der Waals surface area contributed by atoms with E-state index in [0.29, 0.717) is 29.2 Å². The molecule has 10 nitrogen and oxygen atoms in total. The number of anilines is 2. The van der Waals surface area contributed by atoms with Crippen molar-refractivity contribution in [3.05, 3.63) is 65.9 Å². The zero-order valence-corrected chi connectivity index (χ0v) is 20.7. The summed E-state index contributed by atoms with van der Waals surface area (Å²) in [6, 6.07) is 14.6. The fourth-order valence-electron chi connectivity index (χ4n) is 5.26. The average molecular weight is 504 g/mol.